The first-order chi connectivity index (χ1) is 10.7. The fourth-order valence-electron chi connectivity index (χ4n) is 2.21. The highest BCUT2D eigenvalue weighted by molar-refractivity contribution is 9.09. The molecule has 0 radical (unpaired) electrons. The van der Waals surface area contributed by atoms with Gasteiger partial charge in [-0.3, -0.25) is 4.79 Å². The van der Waals surface area contributed by atoms with Gasteiger partial charge in [0, 0.05) is 5.56 Å². The molecule has 0 saturated carbocycles. The summed E-state index contributed by atoms with van der Waals surface area (Å²) in [6.45, 7) is 2.96. The van der Waals surface area contributed by atoms with E-state index in [1.54, 1.807) is 0 Å². The van der Waals surface area contributed by atoms with Gasteiger partial charge in [0.25, 0.3) is 0 Å². The van der Waals surface area contributed by atoms with Gasteiger partial charge in [0.05, 0.1) is 11.9 Å². The lowest BCUT2D eigenvalue weighted by Crippen LogP contribution is -1.99. The van der Waals surface area contributed by atoms with Crippen molar-refractivity contribution in [2.75, 3.05) is 11.9 Å². The van der Waals surface area contributed by atoms with Crippen LogP contribution in [0.2, 0.25) is 0 Å². The van der Waals surface area contributed by atoms with Gasteiger partial charge < -0.3 is 4.74 Å². The molecule has 22 heavy (non-hydrogen) atoms. The third-order valence-corrected chi connectivity index (χ3v) is 4.04. The van der Waals surface area contributed by atoms with Crippen LogP contribution in [0, 0.1) is 0 Å². The Hall–Kier alpha value is -1.61. The van der Waals surface area contributed by atoms with Gasteiger partial charge in [-0.2, -0.15) is 0 Å². The maximum absolute atomic E-state index is 11.6. The number of hydrogen-bond donors (Lipinski definition) is 0. The zero-order chi connectivity index (χ0) is 15.8. The van der Waals surface area contributed by atoms with E-state index in [2.05, 4.69) is 35.0 Å². The van der Waals surface area contributed by atoms with Crippen molar-refractivity contribution in [1.82, 2.24) is 0 Å². The van der Waals surface area contributed by atoms with E-state index < -0.39 is 0 Å². The lowest BCUT2D eigenvalue weighted by atomic mass is 10.0. The number of ether oxygens (including phenoxy) is 1. The summed E-state index contributed by atoms with van der Waals surface area (Å²) in [5.41, 5.74) is 2.96. The number of unbranched alkanes of at least 4 members (excludes halogenated alkanes) is 2. The minimum atomic E-state index is 0.0994. The van der Waals surface area contributed by atoms with E-state index >= 15 is 0 Å². The van der Waals surface area contributed by atoms with Crippen molar-refractivity contribution in [2.45, 2.75) is 26.2 Å². The van der Waals surface area contributed by atoms with E-state index in [4.69, 9.17) is 4.74 Å². The minimum absolute atomic E-state index is 0.0994. The van der Waals surface area contributed by atoms with Crippen LogP contribution in [-0.4, -0.2) is 17.7 Å². The van der Waals surface area contributed by atoms with Crippen LogP contribution in [-0.2, 0) is 0 Å². The molecule has 0 aliphatic rings. The number of hydrogen-bond acceptors (Lipinski definition) is 2. The molecule has 116 valence electrons. The number of rotatable bonds is 8. The largest absolute Gasteiger partial charge is 0.494 e. The third kappa shape index (κ3) is 4.70. The Morgan fingerprint density at radius 3 is 2.09 bits per heavy atom. The van der Waals surface area contributed by atoms with Crippen molar-refractivity contribution < 1.29 is 9.53 Å². The second-order valence-corrected chi connectivity index (χ2v) is 5.77. The molecule has 0 aliphatic heterocycles. The Morgan fingerprint density at radius 2 is 1.55 bits per heavy atom. The number of carbonyl (C=O) groups is 1. The van der Waals surface area contributed by atoms with Crippen molar-refractivity contribution in [3.8, 4) is 16.9 Å². The summed E-state index contributed by atoms with van der Waals surface area (Å²) in [6.07, 6.45) is 3.51. The van der Waals surface area contributed by atoms with E-state index in [9.17, 15) is 4.79 Å². The summed E-state index contributed by atoms with van der Waals surface area (Å²) in [7, 11) is 0. The fourth-order valence-corrected chi connectivity index (χ4v) is 2.54. The number of alkyl halides is 1. The highest BCUT2D eigenvalue weighted by atomic mass is 79.9. The topological polar surface area (TPSA) is 26.3 Å². The maximum Gasteiger partial charge on any atom is 0.173 e. The van der Waals surface area contributed by atoms with Crippen molar-refractivity contribution >= 4 is 21.7 Å². The molecule has 2 rings (SSSR count). The van der Waals surface area contributed by atoms with Crippen molar-refractivity contribution in [2.24, 2.45) is 0 Å². The molecule has 0 unspecified atom stereocenters. The van der Waals surface area contributed by atoms with Crippen LogP contribution in [0.1, 0.15) is 36.5 Å². The molecule has 0 aromatic heterocycles. The zero-order valence-electron chi connectivity index (χ0n) is 12.8. The zero-order valence-corrected chi connectivity index (χ0v) is 14.4. The fraction of sp³-hybridized carbons (Fsp3) is 0.316. The van der Waals surface area contributed by atoms with E-state index in [0.29, 0.717) is 5.33 Å². The van der Waals surface area contributed by atoms with Gasteiger partial charge in [-0.1, -0.05) is 72.1 Å². The first-order valence-electron chi connectivity index (χ1n) is 7.67. The molecule has 0 atom stereocenters. The van der Waals surface area contributed by atoms with Gasteiger partial charge in [0.1, 0.15) is 5.75 Å². The van der Waals surface area contributed by atoms with E-state index in [-0.39, 0.29) is 5.78 Å². The average Bonchev–Trinajstić information content (AvgIpc) is 2.59. The molecule has 0 bridgehead atoms. The Bertz CT molecular complexity index is 588. The number of halogens is 1. The third-order valence-electron chi connectivity index (χ3n) is 3.53. The molecule has 2 aromatic rings. The summed E-state index contributed by atoms with van der Waals surface area (Å²) in [4.78, 5) is 11.6. The average molecular weight is 361 g/mol. The van der Waals surface area contributed by atoms with E-state index in [1.165, 1.54) is 12.8 Å². The van der Waals surface area contributed by atoms with Crippen LogP contribution in [0.25, 0.3) is 11.1 Å². The molecule has 0 aliphatic carbocycles. The van der Waals surface area contributed by atoms with Crippen LogP contribution >= 0.6 is 15.9 Å². The number of ketones is 1. The van der Waals surface area contributed by atoms with Gasteiger partial charge in [0.15, 0.2) is 5.78 Å². The predicted molar refractivity (Wildman–Crippen MR) is 95.0 cm³/mol. The Kier molecular flexibility index (Phi) is 6.66. The van der Waals surface area contributed by atoms with E-state index in [0.717, 1.165) is 35.5 Å². The highest BCUT2D eigenvalue weighted by Crippen LogP contribution is 2.23. The van der Waals surface area contributed by atoms with Crippen LogP contribution in [0.15, 0.2) is 48.5 Å². The second-order valence-electron chi connectivity index (χ2n) is 5.21. The van der Waals surface area contributed by atoms with Crippen molar-refractivity contribution in [1.29, 1.82) is 0 Å². The van der Waals surface area contributed by atoms with Gasteiger partial charge in [-0.05, 0) is 29.7 Å². The Balaban J connectivity index is 1.99. The molecule has 0 amide bonds. The van der Waals surface area contributed by atoms with E-state index in [1.807, 2.05) is 36.4 Å². The minimum Gasteiger partial charge on any atom is -0.494 e. The molecule has 0 saturated heterocycles. The molecule has 0 fully saturated rings. The van der Waals surface area contributed by atoms with Gasteiger partial charge in [0.2, 0.25) is 0 Å². The van der Waals surface area contributed by atoms with Crippen LogP contribution in [0.5, 0.6) is 5.75 Å². The monoisotopic (exact) mass is 360 g/mol. The predicted octanol–water partition coefficient (Wildman–Crippen LogP) is 5.50. The van der Waals surface area contributed by atoms with Crippen molar-refractivity contribution in [3.63, 3.8) is 0 Å². The number of benzene rings is 2. The smallest absolute Gasteiger partial charge is 0.173 e. The second kappa shape index (κ2) is 8.74. The molecule has 3 heteroatoms. The molecule has 0 N–H and O–H groups in total. The molecule has 2 nitrogen and oxygen atoms in total. The number of carbonyl (C=O) groups excluding carboxylic acids is 1. The maximum atomic E-state index is 11.6. The number of Topliss-reactive ketones (excluding diaryl/α,β-unsaturated/α-hetero) is 1. The molecule has 2 aromatic carbocycles. The van der Waals surface area contributed by atoms with Gasteiger partial charge >= 0.3 is 0 Å². The van der Waals surface area contributed by atoms with Crippen LogP contribution < -0.4 is 4.74 Å². The summed E-state index contributed by atoms with van der Waals surface area (Å²) in [5, 5.41) is 0.358. The highest BCUT2D eigenvalue weighted by Gasteiger charge is 2.04. The van der Waals surface area contributed by atoms with Crippen LogP contribution in [0.3, 0.4) is 0 Å². The molecular weight excluding hydrogens is 340 g/mol. The van der Waals surface area contributed by atoms with Gasteiger partial charge in [-0.15, -0.1) is 0 Å². The standard InChI is InChI=1S/C19H21BrO2/c1-2-3-4-13-22-18-11-9-16(10-12-18)15-5-7-17(8-6-15)19(21)14-20/h5-12H,2-4,13-14H2,1H3. The van der Waals surface area contributed by atoms with Crippen molar-refractivity contribution in [3.05, 3.63) is 54.1 Å². The SMILES string of the molecule is CCCCCOc1ccc(-c2ccc(C(=O)CBr)cc2)cc1. The summed E-state index contributed by atoms with van der Waals surface area (Å²) in [6, 6.07) is 15.8. The quantitative estimate of drug-likeness (QED) is 0.353. The molecule has 0 spiro atoms. The summed E-state index contributed by atoms with van der Waals surface area (Å²) < 4.78 is 5.71. The lowest BCUT2D eigenvalue weighted by molar-refractivity contribution is 0.102. The summed E-state index contributed by atoms with van der Waals surface area (Å²) >= 11 is 3.19. The first-order valence-corrected chi connectivity index (χ1v) is 8.79. The Morgan fingerprint density at radius 1 is 0.955 bits per heavy atom. The first kappa shape index (κ1) is 16.8. The van der Waals surface area contributed by atoms with Crippen LogP contribution in [0.4, 0.5) is 0 Å². The normalized spacial score (nSPS) is 10.5. The molecular formula is C19H21BrO2. The van der Waals surface area contributed by atoms with Gasteiger partial charge in [-0.25, -0.2) is 0 Å². The summed E-state index contributed by atoms with van der Waals surface area (Å²) in [5.74, 6) is 1.01. The Labute approximate surface area is 140 Å². The lowest BCUT2D eigenvalue weighted by Gasteiger charge is -2.07. The molecule has 0 heterocycles.